The van der Waals surface area contributed by atoms with Crippen molar-refractivity contribution in [2.24, 2.45) is 5.92 Å². The normalized spacial score (nSPS) is 12.0. The number of hydrogen-bond acceptors (Lipinski definition) is 3. The van der Waals surface area contributed by atoms with Crippen LogP contribution >= 0.6 is 0 Å². The number of hydrogen-bond donors (Lipinski definition) is 2. The van der Waals surface area contributed by atoms with E-state index in [9.17, 15) is 14.7 Å². The highest BCUT2D eigenvalue weighted by Gasteiger charge is 2.19. The van der Waals surface area contributed by atoms with E-state index in [1.54, 1.807) is 0 Å². The highest BCUT2D eigenvalue weighted by Crippen LogP contribution is 2.18. The zero-order valence-corrected chi connectivity index (χ0v) is 14.5. The van der Waals surface area contributed by atoms with Crippen LogP contribution in [0.25, 0.3) is 10.8 Å². The molecule has 0 spiro atoms. The van der Waals surface area contributed by atoms with Crippen molar-refractivity contribution in [2.75, 3.05) is 19.8 Å². The lowest BCUT2D eigenvalue weighted by atomic mass is 9.97. The third-order valence-electron chi connectivity index (χ3n) is 4.07. The van der Waals surface area contributed by atoms with Gasteiger partial charge in [0.05, 0.1) is 5.92 Å². The van der Waals surface area contributed by atoms with Gasteiger partial charge in [0.1, 0.15) is 6.61 Å². The fraction of sp³-hybridized carbons (Fsp3) is 0.400. The van der Waals surface area contributed by atoms with E-state index in [4.69, 9.17) is 4.74 Å². The quantitative estimate of drug-likeness (QED) is 0.650. The Morgan fingerprint density at radius 1 is 1.16 bits per heavy atom. The monoisotopic (exact) mass is 343 g/mol. The first-order chi connectivity index (χ1) is 12.1. The molecule has 0 saturated heterocycles. The molecule has 2 rings (SSSR count). The van der Waals surface area contributed by atoms with Crippen LogP contribution in [0.3, 0.4) is 0 Å². The largest absolute Gasteiger partial charge is 0.481 e. The number of carboxylic acid groups (broad SMARTS) is 1. The number of unbranched alkanes of at least 4 members (excludes halogenated alkanes) is 1. The molecule has 5 nitrogen and oxygen atoms in total. The van der Waals surface area contributed by atoms with Gasteiger partial charge in [-0.3, -0.25) is 9.59 Å². The summed E-state index contributed by atoms with van der Waals surface area (Å²) in [6.45, 7) is 2.66. The number of carbonyl (C=O) groups excluding carboxylic acids is 1. The minimum Gasteiger partial charge on any atom is -0.481 e. The molecule has 2 N–H and O–H groups in total. The van der Waals surface area contributed by atoms with E-state index in [0.717, 1.165) is 29.2 Å². The number of amides is 1. The molecule has 1 amide bonds. The molecule has 0 aliphatic rings. The van der Waals surface area contributed by atoms with E-state index in [1.165, 1.54) is 0 Å². The third kappa shape index (κ3) is 6.19. The van der Waals surface area contributed by atoms with Crippen LogP contribution < -0.4 is 5.32 Å². The molecule has 2 aromatic carbocycles. The number of rotatable bonds is 10. The van der Waals surface area contributed by atoms with Crippen molar-refractivity contribution in [1.82, 2.24) is 5.32 Å². The van der Waals surface area contributed by atoms with Crippen molar-refractivity contribution in [3.05, 3.63) is 48.0 Å². The number of ether oxygens (including phenoxy) is 1. The molecule has 1 atom stereocenters. The fourth-order valence-electron chi connectivity index (χ4n) is 2.60. The van der Waals surface area contributed by atoms with Gasteiger partial charge in [0.25, 0.3) is 0 Å². The molecule has 0 bridgehead atoms. The molecule has 1 unspecified atom stereocenters. The van der Waals surface area contributed by atoms with E-state index >= 15 is 0 Å². The first-order valence-corrected chi connectivity index (χ1v) is 8.65. The summed E-state index contributed by atoms with van der Waals surface area (Å²) in [5.41, 5.74) is 0.944. The molecule has 25 heavy (non-hydrogen) atoms. The van der Waals surface area contributed by atoms with Crippen LogP contribution in [0.15, 0.2) is 42.5 Å². The maximum absolute atomic E-state index is 11.7. The number of fused-ring (bicyclic) bond motifs is 1. The predicted octanol–water partition coefficient (Wildman–Crippen LogP) is 3.02. The van der Waals surface area contributed by atoms with E-state index in [0.29, 0.717) is 13.0 Å². The molecule has 0 heterocycles. The van der Waals surface area contributed by atoms with E-state index in [1.807, 2.05) is 49.4 Å². The van der Waals surface area contributed by atoms with Crippen LogP contribution in [-0.4, -0.2) is 36.7 Å². The molecule has 0 aliphatic carbocycles. The molecule has 134 valence electrons. The Morgan fingerprint density at radius 3 is 2.64 bits per heavy atom. The Morgan fingerprint density at radius 2 is 1.92 bits per heavy atom. The van der Waals surface area contributed by atoms with Crippen LogP contribution in [-0.2, 0) is 20.7 Å². The Hall–Kier alpha value is -2.40. The van der Waals surface area contributed by atoms with Crippen molar-refractivity contribution < 1.29 is 19.4 Å². The third-order valence-corrected chi connectivity index (χ3v) is 4.07. The van der Waals surface area contributed by atoms with Crippen molar-refractivity contribution in [3.63, 3.8) is 0 Å². The molecular formula is C20H25NO4. The van der Waals surface area contributed by atoms with Gasteiger partial charge in [0.2, 0.25) is 5.91 Å². The maximum Gasteiger partial charge on any atom is 0.308 e. The second kappa shape index (κ2) is 9.79. The highest BCUT2D eigenvalue weighted by molar-refractivity contribution is 5.83. The van der Waals surface area contributed by atoms with Crippen molar-refractivity contribution >= 4 is 22.6 Å². The molecule has 0 aliphatic heterocycles. The average molecular weight is 343 g/mol. The summed E-state index contributed by atoms with van der Waals surface area (Å²) in [5.74, 6) is -1.86. The van der Waals surface area contributed by atoms with Crippen LogP contribution in [0.5, 0.6) is 0 Å². The maximum atomic E-state index is 11.7. The van der Waals surface area contributed by atoms with Crippen molar-refractivity contribution in [2.45, 2.75) is 26.2 Å². The van der Waals surface area contributed by atoms with E-state index in [-0.39, 0.29) is 19.1 Å². The van der Waals surface area contributed by atoms with Gasteiger partial charge in [0, 0.05) is 13.2 Å². The van der Waals surface area contributed by atoms with Gasteiger partial charge >= 0.3 is 5.97 Å². The van der Waals surface area contributed by atoms with Crippen LogP contribution in [0, 0.1) is 5.92 Å². The zero-order valence-electron chi connectivity index (χ0n) is 14.5. The topological polar surface area (TPSA) is 75.6 Å². The minimum atomic E-state index is -0.916. The Labute approximate surface area is 148 Å². The van der Waals surface area contributed by atoms with Gasteiger partial charge in [-0.1, -0.05) is 55.8 Å². The van der Waals surface area contributed by atoms with E-state index < -0.39 is 11.9 Å². The Kier molecular flexibility index (Phi) is 7.41. The van der Waals surface area contributed by atoms with Crippen molar-refractivity contribution in [3.8, 4) is 0 Å². The zero-order chi connectivity index (χ0) is 18.1. The molecule has 0 aromatic heterocycles. The molecule has 0 saturated carbocycles. The number of carboxylic acids is 1. The Balaban J connectivity index is 1.89. The minimum absolute atomic E-state index is 0.0255. The Bertz CT molecular complexity index is 714. The van der Waals surface area contributed by atoms with Gasteiger partial charge in [0.15, 0.2) is 0 Å². The molecular weight excluding hydrogens is 318 g/mol. The molecule has 0 fully saturated rings. The van der Waals surface area contributed by atoms with Crippen LogP contribution in [0.4, 0.5) is 0 Å². The van der Waals surface area contributed by atoms with Crippen molar-refractivity contribution in [1.29, 1.82) is 0 Å². The second-order valence-corrected chi connectivity index (χ2v) is 6.13. The summed E-state index contributed by atoms with van der Waals surface area (Å²) in [4.78, 5) is 23.2. The standard InChI is InChI=1S/C20H25NO4/c1-2-3-10-25-14-19(22)21-13-18(20(23)24)12-15-8-9-16-6-4-5-7-17(16)11-15/h4-9,11,18H,2-3,10,12-14H2,1H3,(H,21,22)(H,23,24). The second-order valence-electron chi connectivity index (χ2n) is 6.13. The number of nitrogens with one attached hydrogen (secondary N) is 1. The van der Waals surface area contributed by atoms with Crippen LogP contribution in [0.1, 0.15) is 25.3 Å². The van der Waals surface area contributed by atoms with Gasteiger partial charge in [-0.2, -0.15) is 0 Å². The SMILES string of the molecule is CCCCOCC(=O)NCC(Cc1ccc2ccccc2c1)C(=O)O. The first kappa shape index (κ1) is 18.9. The summed E-state index contributed by atoms with van der Waals surface area (Å²) in [7, 11) is 0. The van der Waals surface area contributed by atoms with Gasteiger partial charge in [-0.25, -0.2) is 0 Å². The lowest BCUT2D eigenvalue weighted by Gasteiger charge is -2.14. The highest BCUT2D eigenvalue weighted by atomic mass is 16.5. The van der Waals surface area contributed by atoms with Gasteiger partial charge in [-0.05, 0) is 29.2 Å². The van der Waals surface area contributed by atoms with E-state index in [2.05, 4.69) is 5.32 Å². The summed E-state index contributed by atoms with van der Waals surface area (Å²) < 4.78 is 5.24. The molecule has 2 aromatic rings. The lowest BCUT2D eigenvalue weighted by molar-refractivity contribution is -0.141. The predicted molar refractivity (Wildman–Crippen MR) is 97.5 cm³/mol. The fourth-order valence-corrected chi connectivity index (χ4v) is 2.60. The summed E-state index contributed by atoms with van der Waals surface area (Å²) in [6, 6.07) is 13.9. The number of aliphatic carboxylic acids is 1. The van der Waals surface area contributed by atoms with Crippen LogP contribution in [0.2, 0.25) is 0 Å². The number of carbonyl (C=O) groups is 2. The smallest absolute Gasteiger partial charge is 0.308 e. The average Bonchev–Trinajstić information content (AvgIpc) is 2.62. The first-order valence-electron chi connectivity index (χ1n) is 8.65. The lowest BCUT2D eigenvalue weighted by Crippen LogP contribution is -2.36. The molecule has 0 radical (unpaired) electrons. The van der Waals surface area contributed by atoms with Gasteiger partial charge < -0.3 is 15.2 Å². The number of benzene rings is 2. The molecule has 5 heteroatoms. The summed E-state index contributed by atoms with van der Waals surface area (Å²) in [6.07, 6.45) is 2.29. The summed E-state index contributed by atoms with van der Waals surface area (Å²) in [5, 5.41) is 14.3. The summed E-state index contributed by atoms with van der Waals surface area (Å²) >= 11 is 0. The van der Waals surface area contributed by atoms with Gasteiger partial charge in [-0.15, -0.1) is 0 Å².